The molecule has 2 saturated heterocycles. The van der Waals surface area contributed by atoms with Crippen molar-refractivity contribution in [1.82, 2.24) is 29.7 Å². The lowest BCUT2D eigenvalue weighted by atomic mass is 10.1. The Kier molecular flexibility index (Phi) is 8.33. The third-order valence-electron chi connectivity index (χ3n) is 8.01. The number of nitrogens with two attached hydrogens (primary N) is 1. The van der Waals surface area contributed by atoms with Crippen molar-refractivity contribution < 1.29 is 18.7 Å². The van der Waals surface area contributed by atoms with Gasteiger partial charge in [-0.2, -0.15) is 4.98 Å². The summed E-state index contributed by atoms with van der Waals surface area (Å²) in [6.45, 7) is 8.36. The highest BCUT2D eigenvalue weighted by Crippen LogP contribution is 2.36. The minimum Gasteiger partial charge on any atom is -0.378 e. The van der Waals surface area contributed by atoms with Crippen LogP contribution in [0.5, 0.6) is 0 Å². The number of nitrogens with zero attached hydrogens (tertiary/aromatic N) is 8. The lowest BCUT2D eigenvalue weighted by Gasteiger charge is -2.34. The summed E-state index contributed by atoms with van der Waals surface area (Å²) in [4.78, 5) is 52.0. The standard InChI is InChI=1S/C28H34FN10O3P/c1-2-36-5-7-37(8-6-36)25(40)17-13-20(29)23(21(43)14-17)34-28(41)39-4-3-19-22(18-15-31-26(30)32-16-18)33-27(35-24(19)39)38-9-11-42-12-10-38/h13-16H,2-12,43H2,1H3,(H,34,41)(H2,30,31,32). The molecule has 43 heavy (non-hydrogen) atoms. The Balaban J connectivity index is 1.26. The zero-order valence-corrected chi connectivity index (χ0v) is 25.1. The molecule has 1 unspecified atom stereocenters. The molecule has 0 aliphatic carbocycles. The number of carbonyl (C=O) groups is 2. The number of likely N-dealkylation sites (N-methyl/N-ethyl adjacent to an activating group) is 1. The van der Waals surface area contributed by atoms with Crippen LogP contribution in [0, 0.1) is 5.82 Å². The molecule has 3 amide bonds. The first-order chi connectivity index (χ1) is 20.8. The van der Waals surface area contributed by atoms with E-state index in [1.54, 1.807) is 23.4 Å². The van der Waals surface area contributed by atoms with Crippen LogP contribution in [0.2, 0.25) is 0 Å². The van der Waals surface area contributed by atoms with Crippen LogP contribution in [0.1, 0.15) is 22.8 Å². The fourth-order valence-corrected chi connectivity index (χ4v) is 5.94. The van der Waals surface area contributed by atoms with E-state index >= 15 is 4.39 Å². The lowest BCUT2D eigenvalue weighted by molar-refractivity contribution is 0.0643. The maximum absolute atomic E-state index is 15.4. The molecule has 5 heterocycles. The number of halogens is 1. The SMILES string of the molecule is CCN1CCN(C(=O)c2cc(F)c(NC(=O)N3CCc4c(-c5cnc(N)nc5)nc(N5CCOCC5)nc43)c(P)c2)CC1. The van der Waals surface area contributed by atoms with Crippen molar-refractivity contribution in [3.63, 3.8) is 0 Å². The second kappa shape index (κ2) is 12.3. The molecule has 6 rings (SSSR count). The molecule has 3 aliphatic heterocycles. The molecule has 15 heteroatoms. The fraction of sp³-hybridized carbons (Fsp3) is 0.429. The van der Waals surface area contributed by atoms with Gasteiger partial charge < -0.3 is 30.5 Å². The number of benzene rings is 1. The molecule has 13 nitrogen and oxygen atoms in total. The normalized spacial score (nSPS) is 17.2. The number of anilines is 4. The number of nitrogen functional groups attached to an aromatic ring is 1. The van der Waals surface area contributed by atoms with Gasteiger partial charge in [0.15, 0.2) is 0 Å². The number of fused-ring (bicyclic) bond motifs is 1. The molecule has 1 atom stereocenters. The summed E-state index contributed by atoms with van der Waals surface area (Å²) in [6.07, 6.45) is 3.68. The number of hydrogen-bond donors (Lipinski definition) is 2. The highest BCUT2D eigenvalue weighted by atomic mass is 31.0. The van der Waals surface area contributed by atoms with Crippen LogP contribution in [-0.4, -0.2) is 107 Å². The first kappa shape index (κ1) is 29.1. The second-order valence-electron chi connectivity index (χ2n) is 10.6. The molecule has 0 saturated carbocycles. The summed E-state index contributed by atoms with van der Waals surface area (Å²) in [7, 11) is 2.43. The average Bonchev–Trinajstić information content (AvgIpc) is 3.47. The summed E-state index contributed by atoms with van der Waals surface area (Å²) in [5, 5.41) is 3.09. The van der Waals surface area contributed by atoms with Crippen molar-refractivity contribution in [2.75, 3.05) is 86.4 Å². The number of nitrogens with one attached hydrogen (secondary N) is 1. The first-order valence-corrected chi connectivity index (χ1v) is 14.9. The second-order valence-corrected chi connectivity index (χ2v) is 11.2. The van der Waals surface area contributed by atoms with Gasteiger partial charge in [0, 0.05) is 74.9 Å². The Hall–Kier alpha value is -4.00. The first-order valence-electron chi connectivity index (χ1n) is 14.3. The van der Waals surface area contributed by atoms with Crippen molar-refractivity contribution in [3.8, 4) is 11.3 Å². The van der Waals surface area contributed by atoms with Gasteiger partial charge in [-0.1, -0.05) is 6.92 Å². The van der Waals surface area contributed by atoms with E-state index in [-0.39, 0.29) is 23.1 Å². The minimum absolute atomic E-state index is 0.00887. The van der Waals surface area contributed by atoms with Gasteiger partial charge in [0.2, 0.25) is 11.9 Å². The van der Waals surface area contributed by atoms with Crippen molar-refractivity contribution >= 4 is 49.9 Å². The van der Waals surface area contributed by atoms with Crippen LogP contribution < -0.4 is 26.2 Å². The number of amides is 3. The number of rotatable bonds is 5. The molecule has 0 radical (unpaired) electrons. The van der Waals surface area contributed by atoms with Gasteiger partial charge >= 0.3 is 6.03 Å². The summed E-state index contributed by atoms with van der Waals surface area (Å²) in [6, 6.07) is 2.24. The average molecular weight is 609 g/mol. The van der Waals surface area contributed by atoms with Gasteiger partial charge in [-0.15, -0.1) is 9.24 Å². The number of morpholine rings is 1. The Labute approximate surface area is 250 Å². The van der Waals surface area contributed by atoms with E-state index in [2.05, 4.69) is 36.3 Å². The molecule has 3 aromatic rings. The van der Waals surface area contributed by atoms with Crippen LogP contribution in [0.25, 0.3) is 11.3 Å². The quantitative estimate of drug-likeness (QED) is 0.407. The molecule has 0 spiro atoms. The number of ether oxygens (including phenoxy) is 1. The predicted octanol–water partition coefficient (Wildman–Crippen LogP) is 1.36. The maximum atomic E-state index is 15.4. The number of urea groups is 1. The van der Waals surface area contributed by atoms with Crippen LogP contribution in [-0.2, 0) is 11.2 Å². The molecule has 0 bridgehead atoms. The smallest absolute Gasteiger partial charge is 0.327 e. The minimum atomic E-state index is -0.688. The molecule has 3 N–H and O–H groups in total. The largest absolute Gasteiger partial charge is 0.378 e. The molecular formula is C28H34FN10O3P. The van der Waals surface area contributed by atoms with E-state index < -0.39 is 11.8 Å². The van der Waals surface area contributed by atoms with Crippen molar-refractivity contribution in [1.29, 1.82) is 0 Å². The van der Waals surface area contributed by atoms with Crippen LogP contribution >= 0.6 is 9.24 Å². The van der Waals surface area contributed by atoms with E-state index in [1.807, 2.05) is 4.90 Å². The highest BCUT2D eigenvalue weighted by molar-refractivity contribution is 7.28. The van der Waals surface area contributed by atoms with E-state index in [0.717, 1.165) is 25.2 Å². The summed E-state index contributed by atoms with van der Waals surface area (Å²) >= 11 is 0. The van der Waals surface area contributed by atoms with Crippen molar-refractivity contribution in [2.24, 2.45) is 0 Å². The predicted molar refractivity (Wildman–Crippen MR) is 164 cm³/mol. The Morgan fingerprint density at radius 3 is 2.44 bits per heavy atom. The number of hydrogen-bond acceptors (Lipinski definition) is 10. The summed E-state index contributed by atoms with van der Waals surface area (Å²) < 4.78 is 20.9. The molecular weight excluding hydrogens is 574 g/mol. The zero-order valence-electron chi connectivity index (χ0n) is 23.9. The Morgan fingerprint density at radius 2 is 1.77 bits per heavy atom. The Bertz CT molecular complexity index is 1500. The zero-order chi connectivity index (χ0) is 30.1. The van der Waals surface area contributed by atoms with Gasteiger partial charge in [0.05, 0.1) is 24.6 Å². The van der Waals surface area contributed by atoms with Gasteiger partial charge in [0.25, 0.3) is 5.91 Å². The molecule has 2 fully saturated rings. The summed E-state index contributed by atoms with van der Waals surface area (Å²) in [5.74, 6) is 0.119. The van der Waals surface area contributed by atoms with E-state index in [0.29, 0.717) is 80.7 Å². The van der Waals surface area contributed by atoms with E-state index in [4.69, 9.17) is 20.4 Å². The van der Waals surface area contributed by atoms with Gasteiger partial charge in [-0.3, -0.25) is 9.69 Å². The number of piperazine rings is 1. The highest BCUT2D eigenvalue weighted by Gasteiger charge is 2.33. The third kappa shape index (κ3) is 5.95. The summed E-state index contributed by atoms with van der Waals surface area (Å²) in [5.41, 5.74) is 7.97. The van der Waals surface area contributed by atoms with Gasteiger partial charge in [0.1, 0.15) is 11.6 Å². The number of carbonyl (C=O) groups excluding carboxylic acids is 2. The van der Waals surface area contributed by atoms with Crippen LogP contribution in [0.15, 0.2) is 24.5 Å². The molecule has 1 aromatic carbocycles. The van der Waals surface area contributed by atoms with Crippen LogP contribution in [0.3, 0.4) is 0 Å². The van der Waals surface area contributed by atoms with Gasteiger partial charge in [-0.25, -0.2) is 24.1 Å². The van der Waals surface area contributed by atoms with Crippen molar-refractivity contribution in [2.45, 2.75) is 13.3 Å². The van der Waals surface area contributed by atoms with Crippen molar-refractivity contribution in [3.05, 3.63) is 41.5 Å². The maximum Gasteiger partial charge on any atom is 0.327 e. The Morgan fingerprint density at radius 1 is 1.05 bits per heavy atom. The third-order valence-corrected chi connectivity index (χ3v) is 8.46. The fourth-order valence-electron chi connectivity index (χ4n) is 5.55. The monoisotopic (exact) mass is 608 g/mol. The molecule has 3 aliphatic rings. The lowest BCUT2D eigenvalue weighted by Crippen LogP contribution is -2.48. The molecule has 226 valence electrons. The van der Waals surface area contributed by atoms with Crippen LogP contribution in [0.4, 0.5) is 32.6 Å². The topological polar surface area (TPSA) is 146 Å². The van der Waals surface area contributed by atoms with E-state index in [1.165, 1.54) is 11.0 Å². The van der Waals surface area contributed by atoms with E-state index in [9.17, 15) is 9.59 Å². The van der Waals surface area contributed by atoms with Gasteiger partial charge in [-0.05, 0) is 30.4 Å². The molecule has 2 aromatic heterocycles. The number of aromatic nitrogens is 4.